The zero-order chi connectivity index (χ0) is 24.8. The second kappa shape index (κ2) is 9.32. The van der Waals surface area contributed by atoms with Gasteiger partial charge in [-0.1, -0.05) is 6.92 Å². The number of aliphatic hydroxyl groups is 1. The van der Waals surface area contributed by atoms with Crippen molar-refractivity contribution >= 4 is 23.5 Å². The summed E-state index contributed by atoms with van der Waals surface area (Å²) >= 11 is 0. The summed E-state index contributed by atoms with van der Waals surface area (Å²) in [5.74, 6) is 0.241. The lowest BCUT2D eigenvalue weighted by Gasteiger charge is -2.41. The Bertz CT molecular complexity index is 944. The number of amides is 1. The molecule has 35 heavy (non-hydrogen) atoms. The van der Waals surface area contributed by atoms with Crippen LogP contribution >= 0.6 is 0 Å². The van der Waals surface area contributed by atoms with Crippen molar-refractivity contribution in [3.63, 3.8) is 0 Å². The summed E-state index contributed by atoms with van der Waals surface area (Å²) in [6, 6.07) is 7.23. The molecule has 3 fully saturated rings. The van der Waals surface area contributed by atoms with Gasteiger partial charge in [0.1, 0.15) is 0 Å². The van der Waals surface area contributed by atoms with E-state index in [1.807, 2.05) is 52.2 Å². The summed E-state index contributed by atoms with van der Waals surface area (Å²) < 4.78 is 26.8. The molecule has 0 spiro atoms. The highest BCUT2D eigenvalue weighted by Gasteiger charge is 2.48. The maximum absolute atomic E-state index is 13.4. The fraction of sp³-hybridized carbons (Fsp3) is 0.692. The predicted molar refractivity (Wildman–Crippen MR) is 133 cm³/mol. The second-order valence-corrected chi connectivity index (χ2v) is 11.2. The van der Waals surface area contributed by atoms with E-state index in [0.717, 1.165) is 37.2 Å². The number of likely N-dealkylation sites (tertiary alicyclic amines) is 1. The maximum Gasteiger partial charge on any atom is 0.255 e. The number of hydrogen-bond acceptors (Lipinski definition) is 6. The summed E-state index contributed by atoms with van der Waals surface area (Å²) in [5.41, 5.74) is 0.904. The van der Waals surface area contributed by atoms with E-state index in [1.165, 1.54) is 0 Å². The van der Waals surface area contributed by atoms with Crippen LogP contribution in [0.3, 0.4) is 0 Å². The van der Waals surface area contributed by atoms with Gasteiger partial charge in [-0.05, 0) is 63.4 Å². The van der Waals surface area contributed by atoms with E-state index < -0.39 is 18.1 Å². The van der Waals surface area contributed by atoms with Crippen molar-refractivity contribution in [1.82, 2.24) is 9.80 Å². The molecular formula is C26H37F2N5O2. The molecule has 3 aliphatic heterocycles. The van der Waals surface area contributed by atoms with Gasteiger partial charge in [-0.25, -0.2) is 8.78 Å². The van der Waals surface area contributed by atoms with E-state index in [1.54, 1.807) is 11.9 Å². The van der Waals surface area contributed by atoms with Gasteiger partial charge >= 0.3 is 0 Å². The molecule has 1 aliphatic carbocycles. The number of hydrogen-bond donors (Lipinski definition) is 1. The minimum Gasteiger partial charge on any atom is -0.390 e. The van der Waals surface area contributed by atoms with Crippen LogP contribution in [0.1, 0.15) is 45.4 Å². The quantitative estimate of drug-likeness (QED) is 0.665. The van der Waals surface area contributed by atoms with Crippen molar-refractivity contribution in [2.24, 2.45) is 10.5 Å². The Morgan fingerprint density at radius 3 is 2.37 bits per heavy atom. The van der Waals surface area contributed by atoms with Gasteiger partial charge < -0.3 is 14.9 Å². The third kappa shape index (κ3) is 5.03. The Balaban J connectivity index is 1.19. The van der Waals surface area contributed by atoms with E-state index in [-0.39, 0.29) is 17.4 Å². The number of carbonyl (C=O) groups excluding carboxylic acids is 1. The first-order valence-corrected chi connectivity index (χ1v) is 12.8. The number of alkyl halides is 2. The molecular weight excluding hydrogens is 452 g/mol. The van der Waals surface area contributed by atoms with Crippen molar-refractivity contribution in [3.05, 3.63) is 24.3 Å². The number of carbonyl (C=O) groups is 1. The number of likely N-dealkylation sites (N-methyl/N-ethyl adjacent to an activating group) is 1. The molecule has 2 unspecified atom stereocenters. The summed E-state index contributed by atoms with van der Waals surface area (Å²) in [6.07, 6.45) is 4.02. The largest absolute Gasteiger partial charge is 0.390 e. The van der Waals surface area contributed by atoms with E-state index in [4.69, 9.17) is 0 Å². The van der Waals surface area contributed by atoms with Crippen molar-refractivity contribution in [2.45, 2.75) is 69.6 Å². The molecule has 1 aromatic carbocycles. The molecule has 9 heteroatoms. The van der Waals surface area contributed by atoms with Crippen molar-refractivity contribution in [3.8, 4) is 0 Å². The number of rotatable bonds is 6. The topological polar surface area (TPSA) is 62.6 Å². The number of piperazine rings is 1. The highest BCUT2D eigenvalue weighted by Crippen LogP contribution is 2.47. The van der Waals surface area contributed by atoms with E-state index in [2.05, 4.69) is 5.10 Å². The van der Waals surface area contributed by atoms with Crippen LogP contribution in [0, 0.1) is 5.41 Å². The first-order valence-electron chi connectivity index (χ1n) is 12.8. The molecule has 3 heterocycles. The Labute approximate surface area is 206 Å². The second-order valence-electron chi connectivity index (χ2n) is 11.2. The van der Waals surface area contributed by atoms with E-state index in [9.17, 15) is 18.7 Å². The summed E-state index contributed by atoms with van der Waals surface area (Å²) in [5, 5.41) is 17.9. The lowest BCUT2D eigenvalue weighted by molar-refractivity contribution is -0.140. The summed E-state index contributed by atoms with van der Waals surface area (Å²) in [7, 11) is 1.76. The number of piperidine rings is 1. The number of anilines is 2. The number of hydrazone groups is 1. The van der Waals surface area contributed by atoms with Gasteiger partial charge in [0, 0.05) is 56.5 Å². The zero-order valence-corrected chi connectivity index (χ0v) is 20.7. The van der Waals surface area contributed by atoms with E-state index >= 15 is 0 Å². The minimum atomic E-state index is -2.37. The Kier molecular flexibility index (Phi) is 6.50. The third-order valence-electron chi connectivity index (χ3n) is 8.51. The van der Waals surface area contributed by atoms with Crippen LogP contribution in [-0.2, 0) is 4.79 Å². The van der Waals surface area contributed by atoms with Crippen LogP contribution in [0.5, 0.6) is 0 Å². The monoisotopic (exact) mass is 489 g/mol. The summed E-state index contributed by atoms with van der Waals surface area (Å²) in [4.78, 5) is 18.3. The van der Waals surface area contributed by atoms with Gasteiger partial charge in [-0.15, -0.1) is 0 Å². The molecule has 4 aliphatic rings. The van der Waals surface area contributed by atoms with E-state index in [0.29, 0.717) is 45.4 Å². The van der Waals surface area contributed by atoms with Crippen molar-refractivity contribution in [1.29, 1.82) is 0 Å². The molecule has 2 saturated heterocycles. The normalized spacial score (nSPS) is 28.1. The van der Waals surface area contributed by atoms with Gasteiger partial charge in [0.2, 0.25) is 5.91 Å². The van der Waals surface area contributed by atoms with Crippen LogP contribution in [0.4, 0.5) is 20.2 Å². The van der Waals surface area contributed by atoms with Gasteiger partial charge in [0.25, 0.3) is 6.43 Å². The molecule has 7 nitrogen and oxygen atoms in total. The highest BCUT2D eigenvalue weighted by molar-refractivity contribution is 5.85. The molecule has 0 aromatic heterocycles. The van der Waals surface area contributed by atoms with Gasteiger partial charge in [-0.2, -0.15) is 5.10 Å². The van der Waals surface area contributed by atoms with Gasteiger partial charge in [0.05, 0.1) is 23.4 Å². The van der Waals surface area contributed by atoms with Crippen molar-refractivity contribution < 1.29 is 18.7 Å². The van der Waals surface area contributed by atoms with Crippen LogP contribution < -0.4 is 9.91 Å². The van der Waals surface area contributed by atoms with Crippen LogP contribution in [-0.4, -0.2) is 90.9 Å². The molecule has 0 bridgehead atoms. The first-order chi connectivity index (χ1) is 16.7. The van der Waals surface area contributed by atoms with Crippen LogP contribution in [0.2, 0.25) is 0 Å². The number of nitrogens with zero attached hydrogens (tertiary/aromatic N) is 5. The van der Waals surface area contributed by atoms with Gasteiger partial charge in [0.15, 0.2) is 0 Å². The van der Waals surface area contributed by atoms with Crippen molar-refractivity contribution in [2.75, 3.05) is 49.7 Å². The highest BCUT2D eigenvalue weighted by atomic mass is 19.3. The molecule has 1 N–H and O–H groups in total. The molecule has 1 amide bonds. The average Bonchev–Trinajstić information content (AvgIpc) is 3.44. The Hall–Kier alpha value is -2.26. The van der Waals surface area contributed by atoms with Gasteiger partial charge in [-0.3, -0.25) is 14.7 Å². The molecule has 1 saturated carbocycles. The number of halogens is 2. The SMILES string of the molecule is CN1CCN(c2ccc(N3N=CCC3CC3(O)CCN(C(=O)C4(C)CC4)CC3)cc2)CC1C(F)F. The molecule has 0 radical (unpaired) electrons. The maximum atomic E-state index is 13.4. The van der Waals surface area contributed by atoms with Crippen LogP contribution in [0.15, 0.2) is 29.4 Å². The smallest absolute Gasteiger partial charge is 0.255 e. The first kappa shape index (κ1) is 24.4. The predicted octanol–water partition coefficient (Wildman–Crippen LogP) is 3.18. The molecule has 192 valence electrons. The number of benzene rings is 1. The standard InChI is InChI=1S/C26H37F2N5O2/c1-25(8-9-25)24(34)31-13-10-26(35,11-14-31)17-21-7-12-29-33(21)20-5-3-19(4-6-20)32-16-15-30(2)22(18-32)23(27)28/h3-6,12,21-23,35H,7-11,13-18H2,1-2H3. The lowest BCUT2D eigenvalue weighted by atomic mass is 9.84. The van der Waals surface area contributed by atoms with Crippen LogP contribution in [0.25, 0.3) is 0 Å². The fourth-order valence-corrected chi connectivity index (χ4v) is 5.67. The fourth-order valence-electron chi connectivity index (χ4n) is 5.67. The molecule has 5 rings (SSSR count). The third-order valence-corrected chi connectivity index (χ3v) is 8.51. The Morgan fingerprint density at radius 1 is 1.09 bits per heavy atom. The molecule has 1 aromatic rings. The average molecular weight is 490 g/mol. The summed E-state index contributed by atoms with van der Waals surface area (Å²) in [6.45, 7) is 4.89. The molecule has 2 atom stereocenters. The minimum absolute atomic E-state index is 0.0564. The zero-order valence-electron chi connectivity index (χ0n) is 20.7. The Morgan fingerprint density at radius 2 is 1.74 bits per heavy atom. The lowest BCUT2D eigenvalue weighted by Crippen LogP contribution is -2.54.